The summed E-state index contributed by atoms with van der Waals surface area (Å²) >= 11 is 0. The lowest BCUT2D eigenvalue weighted by Gasteiger charge is -2.27. The largest absolute Gasteiger partial charge is 0.478 e. The first-order valence-corrected chi connectivity index (χ1v) is 8.25. The zero-order valence-electron chi connectivity index (χ0n) is 11.5. The van der Waals surface area contributed by atoms with Crippen molar-refractivity contribution >= 4 is 27.6 Å². The second-order valence-electron chi connectivity index (χ2n) is 5.02. The molecule has 1 aromatic carbocycles. The van der Waals surface area contributed by atoms with E-state index in [0.717, 1.165) is 6.08 Å². The van der Waals surface area contributed by atoms with E-state index in [0.29, 0.717) is 12.0 Å². The average molecular weight is 313 g/mol. The van der Waals surface area contributed by atoms with Gasteiger partial charge in [-0.3, -0.25) is 0 Å². The second-order valence-corrected chi connectivity index (χ2v) is 7.25. The number of hydrogen-bond acceptors (Lipinski definition) is 4. The van der Waals surface area contributed by atoms with Crippen molar-refractivity contribution in [1.29, 1.82) is 0 Å². The van der Waals surface area contributed by atoms with Crippen molar-refractivity contribution in [3.63, 3.8) is 0 Å². The van der Waals surface area contributed by atoms with Crippen LogP contribution in [0.15, 0.2) is 24.3 Å². The number of sulfone groups is 1. The lowest BCUT2D eigenvalue weighted by Crippen LogP contribution is -2.33. The summed E-state index contributed by atoms with van der Waals surface area (Å²) in [6.45, 7) is 0. The highest BCUT2D eigenvalue weighted by atomic mass is 32.2. The van der Waals surface area contributed by atoms with Crippen LogP contribution in [0, 0.1) is 5.82 Å². The lowest BCUT2D eigenvalue weighted by molar-refractivity contribution is -0.131. The van der Waals surface area contributed by atoms with Crippen LogP contribution in [-0.4, -0.2) is 44.1 Å². The van der Waals surface area contributed by atoms with Crippen molar-refractivity contribution in [3.8, 4) is 0 Å². The lowest BCUT2D eigenvalue weighted by atomic mass is 10.1. The van der Waals surface area contributed by atoms with Crippen molar-refractivity contribution in [1.82, 2.24) is 0 Å². The smallest absolute Gasteiger partial charge is 0.328 e. The molecule has 1 aliphatic rings. The fourth-order valence-corrected chi connectivity index (χ4v) is 4.24. The normalized spacial score (nSPS) is 20.8. The fourth-order valence-electron chi connectivity index (χ4n) is 2.46. The van der Waals surface area contributed by atoms with Crippen molar-refractivity contribution in [2.75, 3.05) is 23.5 Å². The maximum atomic E-state index is 14.1. The van der Waals surface area contributed by atoms with E-state index in [1.807, 2.05) is 0 Å². The molecule has 5 nitrogen and oxygen atoms in total. The number of carboxylic acids is 1. The summed E-state index contributed by atoms with van der Waals surface area (Å²) in [4.78, 5) is 12.2. The monoisotopic (exact) mass is 313 g/mol. The molecule has 1 saturated heterocycles. The van der Waals surface area contributed by atoms with Gasteiger partial charge in [-0.2, -0.15) is 0 Å². The summed E-state index contributed by atoms with van der Waals surface area (Å²) in [6.07, 6.45) is 2.67. The van der Waals surface area contributed by atoms with Crippen LogP contribution < -0.4 is 4.90 Å². The highest BCUT2D eigenvalue weighted by Crippen LogP contribution is 2.29. The molecule has 0 aromatic heterocycles. The van der Waals surface area contributed by atoms with E-state index in [2.05, 4.69) is 0 Å². The predicted octanol–water partition coefficient (Wildman–Crippen LogP) is 1.55. The Hall–Kier alpha value is -1.89. The third kappa shape index (κ3) is 3.60. The Balaban J connectivity index is 2.36. The Morgan fingerprint density at radius 2 is 2.19 bits per heavy atom. The third-order valence-electron chi connectivity index (χ3n) is 3.53. The number of nitrogens with zero attached hydrogens (tertiary/aromatic N) is 1. The van der Waals surface area contributed by atoms with Gasteiger partial charge in [-0.1, -0.05) is 12.1 Å². The van der Waals surface area contributed by atoms with E-state index in [9.17, 15) is 17.6 Å². The van der Waals surface area contributed by atoms with Gasteiger partial charge >= 0.3 is 5.97 Å². The molecule has 1 N–H and O–H groups in total. The molecule has 0 radical (unpaired) electrons. The van der Waals surface area contributed by atoms with Crippen LogP contribution in [0.2, 0.25) is 0 Å². The number of anilines is 1. The summed E-state index contributed by atoms with van der Waals surface area (Å²) in [7, 11) is -1.45. The maximum absolute atomic E-state index is 14.1. The molecule has 0 saturated carbocycles. The summed E-state index contributed by atoms with van der Waals surface area (Å²) in [5, 5.41) is 8.68. The fraction of sp³-hybridized carbons (Fsp3) is 0.357. The minimum absolute atomic E-state index is 0.0140. The van der Waals surface area contributed by atoms with Gasteiger partial charge in [0.15, 0.2) is 9.84 Å². The number of carboxylic acid groups (broad SMARTS) is 1. The van der Waals surface area contributed by atoms with Gasteiger partial charge in [0.2, 0.25) is 0 Å². The van der Waals surface area contributed by atoms with Crippen molar-refractivity contribution in [2.45, 2.75) is 12.5 Å². The third-order valence-corrected chi connectivity index (χ3v) is 5.28. The minimum atomic E-state index is -3.08. The molecule has 1 atom stereocenters. The molecular weight excluding hydrogens is 297 g/mol. The highest BCUT2D eigenvalue weighted by molar-refractivity contribution is 7.91. The summed E-state index contributed by atoms with van der Waals surface area (Å²) in [5.74, 6) is -1.55. The summed E-state index contributed by atoms with van der Waals surface area (Å²) in [5.41, 5.74) is 0.626. The minimum Gasteiger partial charge on any atom is -0.478 e. The predicted molar refractivity (Wildman–Crippen MR) is 78.5 cm³/mol. The Kier molecular flexibility index (Phi) is 4.32. The molecule has 114 valence electrons. The molecule has 1 aromatic rings. The van der Waals surface area contributed by atoms with Crippen LogP contribution in [0.5, 0.6) is 0 Å². The molecule has 7 heteroatoms. The first kappa shape index (κ1) is 15.5. The standard InChI is InChI=1S/C14H16FNO4S/c1-16(11-7-8-21(19,20)9-11)14-10(5-6-13(17)18)3-2-4-12(14)15/h2-6,11H,7-9H2,1H3,(H,17,18)/b6-5+. The van der Waals surface area contributed by atoms with Crippen LogP contribution in [-0.2, 0) is 14.6 Å². The number of rotatable bonds is 4. The van der Waals surface area contributed by atoms with Crippen LogP contribution in [0.4, 0.5) is 10.1 Å². The van der Waals surface area contributed by atoms with Crippen molar-refractivity contribution in [2.24, 2.45) is 0 Å². The maximum Gasteiger partial charge on any atom is 0.328 e. The van der Waals surface area contributed by atoms with Crippen LogP contribution in [0.25, 0.3) is 6.08 Å². The van der Waals surface area contributed by atoms with E-state index >= 15 is 0 Å². The molecule has 1 unspecified atom stereocenters. The van der Waals surface area contributed by atoms with Gasteiger partial charge in [0.25, 0.3) is 0 Å². The molecule has 0 spiro atoms. The Labute approximate surface area is 122 Å². The van der Waals surface area contributed by atoms with E-state index < -0.39 is 21.6 Å². The second kappa shape index (κ2) is 5.85. The number of hydrogen-bond donors (Lipinski definition) is 1. The molecule has 0 bridgehead atoms. The number of halogens is 1. The molecule has 1 aliphatic heterocycles. The zero-order chi connectivity index (χ0) is 15.6. The zero-order valence-corrected chi connectivity index (χ0v) is 12.3. The number of aliphatic carboxylic acids is 1. The van der Waals surface area contributed by atoms with Gasteiger partial charge in [0, 0.05) is 24.7 Å². The molecule has 0 aliphatic carbocycles. The number of carbonyl (C=O) groups is 1. The van der Waals surface area contributed by atoms with Crippen molar-refractivity contribution < 1.29 is 22.7 Å². The molecule has 1 fully saturated rings. The molecule has 21 heavy (non-hydrogen) atoms. The molecule has 2 rings (SSSR count). The SMILES string of the molecule is CN(c1c(F)cccc1/C=C/C(=O)O)C1CCS(=O)(=O)C1. The number of benzene rings is 1. The highest BCUT2D eigenvalue weighted by Gasteiger charge is 2.32. The summed E-state index contributed by atoms with van der Waals surface area (Å²) < 4.78 is 37.2. The van der Waals surface area contributed by atoms with Gasteiger partial charge in [-0.15, -0.1) is 0 Å². The Morgan fingerprint density at radius 3 is 2.76 bits per heavy atom. The molecule has 0 amide bonds. The van der Waals surface area contributed by atoms with E-state index in [-0.39, 0.29) is 23.2 Å². The Bertz CT molecular complexity index is 684. The van der Waals surface area contributed by atoms with Gasteiger partial charge in [0.1, 0.15) is 5.82 Å². The number of para-hydroxylation sites is 1. The van der Waals surface area contributed by atoms with E-state index in [4.69, 9.17) is 5.11 Å². The van der Waals surface area contributed by atoms with Gasteiger partial charge in [-0.25, -0.2) is 17.6 Å². The first-order chi connectivity index (χ1) is 9.80. The molecule has 1 heterocycles. The van der Waals surface area contributed by atoms with Crippen LogP contribution >= 0.6 is 0 Å². The summed E-state index contributed by atoms with van der Waals surface area (Å²) in [6, 6.07) is 4.05. The van der Waals surface area contributed by atoms with Gasteiger partial charge in [-0.05, 0) is 18.6 Å². The Morgan fingerprint density at radius 1 is 1.48 bits per heavy atom. The molecular formula is C14H16FNO4S. The quantitative estimate of drug-likeness (QED) is 0.854. The van der Waals surface area contributed by atoms with Crippen molar-refractivity contribution in [3.05, 3.63) is 35.7 Å². The van der Waals surface area contributed by atoms with Gasteiger partial charge in [0.05, 0.1) is 17.2 Å². The van der Waals surface area contributed by atoms with Gasteiger partial charge < -0.3 is 10.0 Å². The average Bonchev–Trinajstić information content (AvgIpc) is 2.76. The topological polar surface area (TPSA) is 74.7 Å². The van der Waals surface area contributed by atoms with Crippen LogP contribution in [0.1, 0.15) is 12.0 Å². The van der Waals surface area contributed by atoms with E-state index in [1.165, 1.54) is 18.2 Å². The first-order valence-electron chi connectivity index (χ1n) is 6.43. The van der Waals surface area contributed by atoms with Crippen LogP contribution in [0.3, 0.4) is 0 Å². The van der Waals surface area contributed by atoms with E-state index in [1.54, 1.807) is 18.0 Å².